The van der Waals surface area contributed by atoms with Gasteiger partial charge in [0.15, 0.2) is 23.0 Å². The van der Waals surface area contributed by atoms with Crippen LogP contribution in [0.4, 0.5) is 11.4 Å². The first-order chi connectivity index (χ1) is 20.2. The summed E-state index contributed by atoms with van der Waals surface area (Å²) in [6.07, 6.45) is 0. The van der Waals surface area contributed by atoms with Gasteiger partial charge in [-0.2, -0.15) is 0 Å². The number of hydrogen-bond acceptors (Lipinski definition) is 6. The van der Waals surface area contributed by atoms with E-state index in [2.05, 4.69) is 31.9 Å². The quantitative estimate of drug-likeness (QED) is 0.196. The van der Waals surface area contributed by atoms with E-state index in [0.717, 1.165) is 11.0 Å². The Morgan fingerprint density at radius 3 is 1.79 bits per heavy atom. The molecule has 4 heterocycles. The van der Waals surface area contributed by atoms with E-state index in [1.54, 1.807) is 24.3 Å². The third kappa shape index (κ3) is 3.49. The van der Waals surface area contributed by atoms with Gasteiger partial charge < -0.3 is 9.47 Å². The van der Waals surface area contributed by atoms with Gasteiger partial charge in [0, 0.05) is 32.2 Å². The molecule has 0 saturated carbocycles. The number of benzene rings is 3. The highest BCUT2D eigenvalue weighted by molar-refractivity contribution is 9.11. The van der Waals surface area contributed by atoms with E-state index in [1.165, 1.54) is 0 Å². The summed E-state index contributed by atoms with van der Waals surface area (Å²) in [5.41, 5.74) is 3.59. The minimum atomic E-state index is -0.135. The summed E-state index contributed by atoms with van der Waals surface area (Å²) >= 11 is 21.2. The molecule has 2 aliphatic rings. The normalized spacial score (nSPS) is 13.1. The summed E-state index contributed by atoms with van der Waals surface area (Å²) < 4.78 is 20.6. The Morgan fingerprint density at radius 1 is 0.690 bits per heavy atom. The van der Waals surface area contributed by atoms with Gasteiger partial charge in [-0.1, -0.05) is 23.2 Å². The molecule has 2 aromatic heterocycles. The van der Waals surface area contributed by atoms with Crippen molar-refractivity contribution in [1.82, 2.24) is 18.3 Å². The third-order valence-electron chi connectivity index (χ3n) is 7.75. The van der Waals surface area contributed by atoms with Gasteiger partial charge in [0.05, 0.1) is 31.0 Å². The molecule has 7 rings (SSSR count). The SMILES string of the molecule is CCn1c(=O)n(CC)c2cc3c(cc21)N=c1c(Cl)c2c(c(Cl)c1O3)=Nc1c(c(Br)c3c(c1Br)n(CC)c(=O)n3CC)O2. The second-order valence-electron chi connectivity index (χ2n) is 9.76. The smallest absolute Gasteiger partial charge is 0.329 e. The summed E-state index contributed by atoms with van der Waals surface area (Å²) in [6.45, 7) is 9.63. The molecular weight excluding hydrogens is 715 g/mol. The van der Waals surface area contributed by atoms with Crippen LogP contribution < -0.4 is 31.6 Å². The lowest BCUT2D eigenvalue weighted by atomic mass is 10.2. The molecule has 5 aromatic rings. The standard InChI is InChI=1S/C28H22Br2Cl2N6O4/c1-5-35-12-9-11-14(10-13(12)36(6-2)27(35)39)41-25-18(32)21-26(17(31)20(25)33-11)42-24-16(30)23-22(15(29)19(24)34-21)37(7-3)28(40)38(23)8-4/h9-10H,5-8H2,1-4H3. The second-order valence-corrected chi connectivity index (χ2v) is 12.1. The molecular formula is C28H22Br2Cl2N6O4. The molecule has 0 N–H and O–H groups in total. The maximum absolute atomic E-state index is 13.2. The van der Waals surface area contributed by atoms with Crippen molar-refractivity contribution in [2.75, 3.05) is 0 Å². The molecule has 0 bridgehead atoms. The molecule has 0 radical (unpaired) electrons. The van der Waals surface area contributed by atoms with Gasteiger partial charge in [0.2, 0.25) is 0 Å². The minimum Gasteiger partial charge on any atom is -0.451 e. The van der Waals surface area contributed by atoms with E-state index < -0.39 is 0 Å². The van der Waals surface area contributed by atoms with E-state index in [9.17, 15) is 9.59 Å². The summed E-state index contributed by atoms with van der Waals surface area (Å²) in [7, 11) is 0. The average Bonchev–Trinajstić information content (AvgIpc) is 3.44. The summed E-state index contributed by atoms with van der Waals surface area (Å²) in [6, 6.07) is 3.62. The van der Waals surface area contributed by atoms with E-state index in [-0.39, 0.29) is 38.3 Å². The van der Waals surface area contributed by atoms with Crippen LogP contribution in [0.1, 0.15) is 27.7 Å². The largest absolute Gasteiger partial charge is 0.451 e. The van der Waals surface area contributed by atoms with Crippen LogP contribution >= 0.6 is 55.1 Å². The van der Waals surface area contributed by atoms with Crippen LogP contribution in [0.3, 0.4) is 0 Å². The summed E-state index contributed by atoms with van der Waals surface area (Å²) in [4.78, 5) is 35.8. The molecule has 0 amide bonds. The third-order valence-corrected chi connectivity index (χ3v) is 9.93. The highest BCUT2D eigenvalue weighted by Gasteiger charge is 2.32. The Bertz CT molecular complexity index is 2300. The Balaban J connectivity index is 1.51. The van der Waals surface area contributed by atoms with Crippen LogP contribution in [0, 0.1) is 0 Å². The number of hydrogen-bond donors (Lipinski definition) is 0. The highest BCUT2D eigenvalue weighted by Crippen LogP contribution is 2.51. The molecule has 2 aliphatic heterocycles. The monoisotopic (exact) mass is 734 g/mol. The molecule has 14 heteroatoms. The molecule has 0 fully saturated rings. The van der Waals surface area contributed by atoms with E-state index in [1.807, 2.05) is 33.8 Å². The number of fused-ring (bicyclic) bond motifs is 6. The zero-order valence-corrected chi connectivity index (χ0v) is 27.5. The fourth-order valence-corrected chi connectivity index (χ4v) is 7.66. The Labute approximate surface area is 264 Å². The zero-order valence-electron chi connectivity index (χ0n) is 22.8. The zero-order chi connectivity index (χ0) is 29.8. The highest BCUT2D eigenvalue weighted by atomic mass is 79.9. The fourth-order valence-electron chi connectivity index (χ4n) is 5.80. The van der Waals surface area contributed by atoms with E-state index in [0.29, 0.717) is 74.4 Å². The number of halogens is 4. The Morgan fingerprint density at radius 2 is 1.19 bits per heavy atom. The molecule has 10 nitrogen and oxygen atoms in total. The van der Waals surface area contributed by atoms with Crippen LogP contribution in [-0.4, -0.2) is 18.3 Å². The summed E-state index contributed by atoms with van der Waals surface area (Å²) in [5, 5.41) is 0.920. The maximum atomic E-state index is 13.2. The van der Waals surface area contributed by atoms with Crippen molar-refractivity contribution in [2.45, 2.75) is 53.9 Å². The van der Waals surface area contributed by atoms with Crippen molar-refractivity contribution >= 4 is 88.5 Å². The molecule has 42 heavy (non-hydrogen) atoms. The predicted octanol–water partition coefficient (Wildman–Crippen LogP) is 6.94. The number of aryl methyl sites for hydroxylation is 4. The number of rotatable bonds is 4. The molecule has 0 spiro atoms. The van der Waals surface area contributed by atoms with Crippen LogP contribution in [0.2, 0.25) is 10.0 Å². The van der Waals surface area contributed by atoms with Crippen molar-refractivity contribution in [1.29, 1.82) is 0 Å². The molecule has 0 unspecified atom stereocenters. The lowest BCUT2D eigenvalue weighted by Crippen LogP contribution is -2.23. The number of nitrogens with zero attached hydrogens (tertiary/aromatic N) is 6. The Hall–Kier alpha value is -3.06. The lowest BCUT2D eigenvalue weighted by Gasteiger charge is -2.22. The second kappa shape index (κ2) is 9.73. The number of aromatic nitrogens is 4. The van der Waals surface area contributed by atoms with Crippen LogP contribution in [0.25, 0.3) is 22.1 Å². The van der Waals surface area contributed by atoms with Crippen molar-refractivity contribution in [3.8, 4) is 23.0 Å². The van der Waals surface area contributed by atoms with Gasteiger partial charge in [-0.15, -0.1) is 0 Å². The number of ether oxygens (including phenoxy) is 2. The van der Waals surface area contributed by atoms with Gasteiger partial charge in [-0.25, -0.2) is 19.6 Å². The number of imidazole rings is 2. The molecule has 0 aliphatic carbocycles. The van der Waals surface area contributed by atoms with Crippen molar-refractivity contribution < 1.29 is 9.47 Å². The summed E-state index contributed by atoms with van der Waals surface area (Å²) in [5.74, 6) is 1.29. The van der Waals surface area contributed by atoms with Crippen molar-refractivity contribution in [3.05, 3.63) is 62.8 Å². The van der Waals surface area contributed by atoms with Gasteiger partial charge in [0.25, 0.3) is 0 Å². The van der Waals surface area contributed by atoms with E-state index >= 15 is 0 Å². The maximum Gasteiger partial charge on any atom is 0.329 e. The van der Waals surface area contributed by atoms with Crippen molar-refractivity contribution in [3.63, 3.8) is 0 Å². The fraction of sp³-hybridized carbons (Fsp3) is 0.286. The first-order valence-electron chi connectivity index (χ1n) is 13.4. The molecule has 0 saturated heterocycles. The minimum absolute atomic E-state index is 0.0978. The molecule has 216 valence electrons. The van der Waals surface area contributed by atoms with Crippen LogP contribution in [-0.2, 0) is 26.2 Å². The van der Waals surface area contributed by atoms with Crippen molar-refractivity contribution in [2.24, 2.45) is 9.98 Å². The predicted molar refractivity (Wildman–Crippen MR) is 169 cm³/mol. The topological polar surface area (TPSA) is 97.0 Å². The van der Waals surface area contributed by atoms with Gasteiger partial charge >= 0.3 is 11.4 Å². The van der Waals surface area contributed by atoms with Gasteiger partial charge in [-0.3, -0.25) is 18.3 Å². The Kier molecular flexibility index (Phi) is 6.43. The first kappa shape index (κ1) is 27.8. The van der Waals surface area contributed by atoms with E-state index in [4.69, 9.17) is 42.7 Å². The molecule has 3 aromatic carbocycles. The lowest BCUT2D eigenvalue weighted by molar-refractivity contribution is 0.450. The van der Waals surface area contributed by atoms with Crippen LogP contribution in [0.5, 0.6) is 23.0 Å². The van der Waals surface area contributed by atoms with Gasteiger partial charge in [-0.05, 0) is 65.6 Å². The first-order valence-corrected chi connectivity index (χ1v) is 15.8. The molecule has 0 atom stereocenters. The van der Waals surface area contributed by atoms with Crippen LogP contribution in [0.15, 0.2) is 40.7 Å². The van der Waals surface area contributed by atoms with Gasteiger partial charge in [0.1, 0.15) is 32.1 Å². The average molecular weight is 737 g/mol.